The van der Waals surface area contributed by atoms with Crippen LogP contribution in [0.3, 0.4) is 0 Å². The van der Waals surface area contributed by atoms with Gasteiger partial charge < -0.3 is 19.0 Å². The third kappa shape index (κ3) is 4.09. The van der Waals surface area contributed by atoms with Crippen LogP contribution in [0.15, 0.2) is 59.5 Å². The molecule has 6 heteroatoms. The van der Waals surface area contributed by atoms with E-state index in [1.807, 2.05) is 54.2 Å². The molecule has 0 saturated carbocycles. The Bertz CT molecular complexity index is 807. The maximum absolute atomic E-state index is 12.4. The highest BCUT2D eigenvalue weighted by atomic mass is 16.5. The number of aromatic nitrogens is 2. The second-order valence-electron chi connectivity index (χ2n) is 5.75. The number of imidazole rings is 1. The van der Waals surface area contributed by atoms with Gasteiger partial charge in [-0.05, 0) is 29.8 Å². The van der Waals surface area contributed by atoms with Crippen molar-refractivity contribution < 1.29 is 13.9 Å². The minimum Gasteiger partial charge on any atom is -0.497 e. The second kappa shape index (κ2) is 7.70. The summed E-state index contributed by atoms with van der Waals surface area (Å²) >= 11 is 0. The molecule has 1 N–H and O–H groups in total. The van der Waals surface area contributed by atoms with Gasteiger partial charge in [0.05, 0.1) is 13.4 Å². The molecule has 1 atom stereocenters. The van der Waals surface area contributed by atoms with E-state index in [1.54, 1.807) is 19.6 Å². The van der Waals surface area contributed by atoms with Gasteiger partial charge in [0.1, 0.15) is 23.4 Å². The molecular weight excluding hydrogens is 318 g/mol. The van der Waals surface area contributed by atoms with Gasteiger partial charge >= 0.3 is 0 Å². The van der Waals surface area contributed by atoms with Gasteiger partial charge in [0.25, 0.3) is 0 Å². The van der Waals surface area contributed by atoms with Crippen LogP contribution in [0.5, 0.6) is 5.75 Å². The summed E-state index contributed by atoms with van der Waals surface area (Å²) in [5.74, 6) is 2.29. The Kier molecular flexibility index (Phi) is 5.18. The Balaban J connectivity index is 1.76. The molecule has 2 aromatic heterocycles. The summed E-state index contributed by atoms with van der Waals surface area (Å²) in [6, 6.07) is 11.0. The molecule has 6 nitrogen and oxygen atoms in total. The molecule has 1 aromatic carbocycles. The molecule has 0 radical (unpaired) electrons. The highest BCUT2D eigenvalue weighted by Crippen LogP contribution is 2.23. The monoisotopic (exact) mass is 339 g/mol. The number of hydrogen-bond acceptors (Lipinski definition) is 4. The number of aryl methyl sites for hydroxylation is 2. The molecule has 0 aliphatic heterocycles. The summed E-state index contributed by atoms with van der Waals surface area (Å²) in [6.45, 7) is 0. The number of ether oxygens (including phenoxy) is 1. The summed E-state index contributed by atoms with van der Waals surface area (Å²) < 4.78 is 12.4. The van der Waals surface area contributed by atoms with E-state index in [0.717, 1.165) is 22.9 Å². The standard InChI is InChI=1S/C19H21N3O3/c1-22-12-11-20-19(22)18(14-5-7-15(24-2)8-6-14)21-17(23)10-9-16-4-3-13-25-16/h3-8,11-13,18H,9-10H2,1-2H3,(H,21,23). The van der Waals surface area contributed by atoms with E-state index in [4.69, 9.17) is 9.15 Å². The summed E-state index contributed by atoms with van der Waals surface area (Å²) in [5, 5.41) is 3.07. The summed E-state index contributed by atoms with van der Waals surface area (Å²) in [5.41, 5.74) is 0.946. The van der Waals surface area contributed by atoms with Crippen LogP contribution in [0.25, 0.3) is 0 Å². The van der Waals surface area contributed by atoms with Crippen LogP contribution in [0, 0.1) is 0 Å². The van der Waals surface area contributed by atoms with Crippen molar-refractivity contribution in [2.24, 2.45) is 7.05 Å². The molecule has 3 aromatic rings. The van der Waals surface area contributed by atoms with Crippen LogP contribution >= 0.6 is 0 Å². The molecule has 25 heavy (non-hydrogen) atoms. The van der Waals surface area contributed by atoms with Crippen LogP contribution in [-0.4, -0.2) is 22.6 Å². The van der Waals surface area contributed by atoms with Crippen molar-refractivity contribution in [3.63, 3.8) is 0 Å². The van der Waals surface area contributed by atoms with Gasteiger partial charge in [-0.3, -0.25) is 4.79 Å². The lowest BCUT2D eigenvalue weighted by Crippen LogP contribution is -2.31. The molecule has 0 spiro atoms. The molecule has 0 aliphatic carbocycles. The van der Waals surface area contributed by atoms with Crippen LogP contribution in [0.1, 0.15) is 29.6 Å². The zero-order chi connectivity index (χ0) is 17.6. The molecule has 0 saturated heterocycles. The predicted octanol–water partition coefficient (Wildman–Crippen LogP) is 2.86. The van der Waals surface area contributed by atoms with Gasteiger partial charge in [0.2, 0.25) is 5.91 Å². The largest absolute Gasteiger partial charge is 0.497 e. The molecule has 0 fully saturated rings. The fourth-order valence-electron chi connectivity index (χ4n) is 2.67. The van der Waals surface area contributed by atoms with Crippen molar-refractivity contribution in [1.82, 2.24) is 14.9 Å². The van der Waals surface area contributed by atoms with E-state index < -0.39 is 0 Å². The molecule has 0 bridgehead atoms. The summed E-state index contributed by atoms with van der Waals surface area (Å²) in [6.07, 6.45) is 6.11. The Labute approximate surface area is 146 Å². The van der Waals surface area contributed by atoms with Crippen molar-refractivity contribution in [3.8, 4) is 5.75 Å². The van der Waals surface area contributed by atoms with E-state index in [1.165, 1.54) is 0 Å². The fraction of sp³-hybridized carbons (Fsp3) is 0.263. The lowest BCUT2D eigenvalue weighted by molar-refractivity contribution is -0.121. The molecule has 1 amide bonds. The lowest BCUT2D eigenvalue weighted by Gasteiger charge is -2.19. The fourth-order valence-corrected chi connectivity index (χ4v) is 2.67. The number of methoxy groups -OCH3 is 1. The highest BCUT2D eigenvalue weighted by Gasteiger charge is 2.20. The molecule has 1 unspecified atom stereocenters. The number of furan rings is 1. The van der Waals surface area contributed by atoms with Crippen molar-refractivity contribution >= 4 is 5.91 Å². The molecule has 3 rings (SSSR count). The first kappa shape index (κ1) is 16.8. The lowest BCUT2D eigenvalue weighted by atomic mass is 10.1. The second-order valence-corrected chi connectivity index (χ2v) is 5.75. The Morgan fingerprint density at radius 2 is 2.12 bits per heavy atom. The van der Waals surface area contributed by atoms with E-state index >= 15 is 0 Å². The first-order chi connectivity index (χ1) is 12.2. The third-order valence-electron chi connectivity index (χ3n) is 4.05. The first-order valence-electron chi connectivity index (χ1n) is 8.10. The van der Waals surface area contributed by atoms with Crippen molar-refractivity contribution in [1.29, 1.82) is 0 Å². The first-order valence-corrected chi connectivity index (χ1v) is 8.10. The average Bonchev–Trinajstić information content (AvgIpc) is 3.30. The van der Waals surface area contributed by atoms with Gasteiger partial charge in [-0.25, -0.2) is 4.98 Å². The topological polar surface area (TPSA) is 69.3 Å². The number of carbonyl (C=O) groups excluding carboxylic acids is 1. The van der Waals surface area contributed by atoms with Gasteiger partial charge in [-0.1, -0.05) is 12.1 Å². The van der Waals surface area contributed by atoms with E-state index in [2.05, 4.69) is 10.3 Å². The van der Waals surface area contributed by atoms with Gasteiger partial charge in [-0.15, -0.1) is 0 Å². The number of amides is 1. The smallest absolute Gasteiger partial charge is 0.221 e. The van der Waals surface area contributed by atoms with Crippen LogP contribution < -0.4 is 10.1 Å². The van der Waals surface area contributed by atoms with Crippen LogP contribution in [-0.2, 0) is 18.3 Å². The van der Waals surface area contributed by atoms with Crippen molar-refractivity contribution in [2.45, 2.75) is 18.9 Å². The summed E-state index contributed by atoms with van der Waals surface area (Å²) in [7, 11) is 3.54. The normalized spacial score (nSPS) is 11.9. The van der Waals surface area contributed by atoms with E-state index in [-0.39, 0.29) is 11.9 Å². The minimum atomic E-state index is -0.324. The summed E-state index contributed by atoms with van der Waals surface area (Å²) in [4.78, 5) is 16.8. The van der Waals surface area contributed by atoms with Crippen molar-refractivity contribution in [2.75, 3.05) is 7.11 Å². The third-order valence-corrected chi connectivity index (χ3v) is 4.05. The molecular formula is C19H21N3O3. The van der Waals surface area contributed by atoms with Gasteiger partial charge in [0.15, 0.2) is 0 Å². The van der Waals surface area contributed by atoms with E-state index in [9.17, 15) is 4.79 Å². The minimum absolute atomic E-state index is 0.0554. The van der Waals surface area contributed by atoms with Crippen LogP contribution in [0.4, 0.5) is 0 Å². The molecule has 2 heterocycles. The Morgan fingerprint density at radius 1 is 1.32 bits per heavy atom. The SMILES string of the molecule is COc1ccc(C(NC(=O)CCc2ccco2)c2nccn2C)cc1. The Hall–Kier alpha value is -3.02. The number of benzene rings is 1. The van der Waals surface area contributed by atoms with E-state index in [0.29, 0.717) is 12.8 Å². The predicted molar refractivity (Wildman–Crippen MR) is 93.2 cm³/mol. The quantitative estimate of drug-likeness (QED) is 0.719. The number of nitrogens with one attached hydrogen (secondary N) is 1. The van der Waals surface area contributed by atoms with Crippen molar-refractivity contribution in [3.05, 3.63) is 72.2 Å². The maximum atomic E-state index is 12.4. The Morgan fingerprint density at radius 3 is 2.72 bits per heavy atom. The number of carbonyl (C=O) groups is 1. The number of rotatable bonds is 7. The average molecular weight is 339 g/mol. The van der Waals surface area contributed by atoms with Crippen LogP contribution in [0.2, 0.25) is 0 Å². The van der Waals surface area contributed by atoms with Gasteiger partial charge in [0, 0.05) is 32.3 Å². The number of nitrogens with zero attached hydrogens (tertiary/aromatic N) is 2. The number of hydrogen-bond donors (Lipinski definition) is 1. The molecule has 0 aliphatic rings. The molecule has 130 valence electrons. The maximum Gasteiger partial charge on any atom is 0.221 e. The zero-order valence-corrected chi connectivity index (χ0v) is 14.3. The zero-order valence-electron chi connectivity index (χ0n) is 14.3. The highest BCUT2D eigenvalue weighted by molar-refractivity contribution is 5.77. The van der Waals surface area contributed by atoms with Gasteiger partial charge in [-0.2, -0.15) is 0 Å².